The van der Waals surface area contributed by atoms with Gasteiger partial charge in [-0.2, -0.15) is 0 Å². The van der Waals surface area contributed by atoms with Gasteiger partial charge in [-0.15, -0.1) is 0 Å². The standard InChI is InChI=1S/C26H25N5O/c1-2-18-7-9-23(10-8-18)30-26(32)24-12-21(17-31(24)16-19-5-6-19)22-14-28-25(29-15-22)20-4-3-11-27-13-20/h3-4,7-15,17,19H,2,5-6,16H2,1H3,(H,30,32). The summed E-state index contributed by atoms with van der Waals surface area (Å²) in [5.41, 5.74) is 5.40. The Hall–Kier alpha value is -3.80. The lowest BCUT2D eigenvalue weighted by Gasteiger charge is -2.09. The zero-order valence-electron chi connectivity index (χ0n) is 18.0. The van der Waals surface area contributed by atoms with Crippen LogP contribution in [0.25, 0.3) is 22.5 Å². The van der Waals surface area contributed by atoms with Crippen molar-refractivity contribution >= 4 is 11.6 Å². The van der Waals surface area contributed by atoms with Crippen molar-refractivity contribution in [2.75, 3.05) is 5.32 Å². The summed E-state index contributed by atoms with van der Waals surface area (Å²) in [5, 5.41) is 3.04. The van der Waals surface area contributed by atoms with Crippen molar-refractivity contribution in [3.8, 4) is 22.5 Å². The molecule has 1 N–H and O–H groups in total. The van der Waals surface area contributed by atoms with E-state index in [2.05, 4.69) is 31.8 Å². The Morgan fingerprint density at radius 1 is 1.03 bits per heavy atom. The van der Waals surface area contributed by atoms with Gasteiger partial charge in [-0.3, -0.25) is 9.78 Å². The Morgan fingerprint density at radius 2 is 1.81 bits per heavy atom. The van der Waals surface area contributed by atoms with E-state index in [1.165, 1.54) is 18.4 Å². The SMILES string of the molecule is CCc1ccc(NC(=O)c2cc(-c3cnc(-c4cccnc4)nc3)cn2CC2CC2)cc1. The number of hydrogen-bond acceptors (Lipinski definition) is 4. The van der Waals surface area contributed by atoms with E-state index < -0.39 is 0 Å². The number of carbonyl (C=O) groups excluding carboxylic acids is 1. The summed E-state index contributed by atoms with van der Waals surface area (Å²) >= 11 is 0. The molecule has 6 nitrogen and oxygen atoms in total. The van der Waals surface area contributed by atoms with Crippen LogP contribution in [0.15, 0.2) is 73.4 Å². The Kier molecular flexibility index (Phi) is 5.50. The number of aromatic nitrogens is 4. The lowest BCUT2D eigenvalue weighted by Crippen LogP contribution is -2.17. The molecule has 0 bridgehead atoms. The van der Waals surface area contributed by atoms with Crippen molar-refractivity contribution in [2.45, 2.75) is 32.7 Å². The van der Waals surface area contributed by atoms with Gasteiger partial charge in [-0.1, -0.05) is 19.1 Å². The Morgan fingerprint density at radius 3 is 2.47 bits per heavy atom. The lowest BCUT2D eigenvalue weighted by molar-refractivity contribution is 0.101. The maximum atomic E-state index is 13.1. The maximum absolute atomic E-state index is 13.1. The summed E-state index contributed by atoms with van der Waals surface area (Å²) in [6, 6.07) is 13.7. The molecule has 1 saturated carbocycles. The molecular weight excluding hydrogens is 398 g/mol. The molecule has 5 rings (SSSR count). The Balaban J connectivity index is 1.40. The van der Waals surface area contributed by atoms with Crippen LogP contribution in [0.3, 0.4) is 0 Å². The summed E-state index contributed by atoms with van der Waals surface area (Å²) in [5.74, 6) is 1.18. The number of aryl methyl sites for hydroxylation is 1. The number of benzene rings is 1. The molecule has 4 aromatic rings. The molecule has 160 valence electrons. The largest absolute Gasteiger partial charge is 0.343 e. The van der Waals surface area contributed by atoms with E-state index in [-0.39, 0.29) is 5.91 Å². The van der Waals surface area contributed by atoms with Crippen molar-refractivity contribution < 1.29 is 4.79 Å². The van der Waals surface area contributed by atoms with Crippen molar-refractivity contribution in [1.29, 1.82) is 0 Å². The van der Waals surface area contributed by atoms with Crippen LogP contribution in [-0.4, -0.2) is 25.4 Å². The van der Waals surface area contributed by atoms with E-state index in [1.54, 1.807) is 24.8 Å². The maximum Gasteiger partial charge on any atom is 0.272 e. The van der Waals surface area contributed by atoms with Gasteiger partial charge in [0.25, 0.3) is 5.91 Å². The number of nitrogens with one attached hydrogen (secondary N) is 1. The van der Waals surface area contributed by atoms with Gasteiger partial charge in [0.15, 0.2) is 5.82 Å². The number of pyridine rings is 1. The van der Waals surface area contributed by atoms with Gasteiger partial charge in [-0.25, -0.2) is 9.97 Å². The third-order valence-electron chi connectivity index (χ3n) is 5.81. The van der Waals surface area contributed by atoms with Crippen molar-refractivity contribution in [3.05, 3.63) is 84.7 Å². The smallest absolute Gasteiger partial charge is 0.272 e. The molecular formula is C26H25N5O. The minimum atomic E-state index is -0.103. The fourth-order valence-electron chi connectivity index (χ4n) is 3.73. The van der Waals surface area contributed by atoms with E-state index in [4.69, 9.17) is 0 Å². The van der Waals surface area contributed by atoms with E-state index >= 15 is 0 Å². The summed E-state index contributed by atoms with van der Waals surface area (Å²) < 4.78 is 2.07. The van der Waals surface area contributed by atoms with Crippen LogP contribution >= 0.6 is 0 Å². The predicted molar refractivity (Wildman–Crippen MR) is 125 cm³/mol. The molecule has 0 radical (unpaired) electrons. The van der Waals surface area contributed by atoms with Gasteiger partial charge in [0.05, 0.1) is 0 Å². The van der Waals surface area contributed by atoms with Crippen LogP contribution in [0.4, 0.5) is 5.69 Å². The number of carbonyl (C=O) groups is 1. The molecule has 0 saturated heterocycles. The molecule has 1 aromatic carbocycles. The highest BCUT2D eigenvalue weighted by molar-refractivity contribution is 6.04. The van der Waals surface area contributed by atoms with Crippen LogP contribution in [0.1, 0.15) is 35.8 Å². The molecule has 0 spiro atoms. The van der Waals surface area contributed by atoms with Crippen molar-refractivity contribution in [3.63, 3.8) is 0 Å². The van der Waals surface area contributed by atoms with Crippen LogP contribution in [0, 0.1) is 5.92 Å². The van der Waals surface area contributed by atoms with Gasteiger partial charge < -0.3 is 9.88 Å². The summed E-state index contributed by atoms with van der Waals surface area (Å²) in [6.45, 7) is 2.97. The molecule has 1 amide bonds. The van der Waals surface area contributed by atoms with E-state index in [9.17, 15) is 4.79 Å². The molecule has 1 aliphatic carbocycles. The molecule has 3 heterocycles. The van der Waals surface area contributed by atoms with Crippen molar-refractivity contribution in [2.24, 2.45) is 5.92 Å². The number of hydrogen-bond donors (Lipinski definition) is 1. The van der Waals surface area contributed by atoms with Crippen molar-refractivity contribution in [1.82, 2.24) is 19.5 Å². The highest BCUT2D eigenvalue weighted by Crippen LogP contribution is 2.33. The van der Waals surface area contributed by atoms with E-state index in [0.29, 0.717) is 17.4 Å². The van der Waals surface area contributed by atoms with Gasteiger partial charge in [-0.05, 0) is 61.1 Å². The second kappa shape index (κ2) is 8.75. The number of nitrogens with zero attached hydrogens (tertiary/aromatic N) is 4. The van der Waals surface area contributed by atoms with Crippen LogP contribution in [0.5, 0.6) is 0 Å². The Labute approximate surface area is 187 Å². The first-order valence-electron chi connectivity index (χ1n) is 11.0. The zero-order valence-corrected chi connectivity index (χ0v) is 18.0. The molecule has 0 unspecified atom stereocenters. The second-order valence-electron chi connectivity index (χ2n) is 8.25. The van der Waals surface area contributed by atoms with Gasteiger partial charge >= 0.3 is 0 Å². The minimum absolute atomic E-state index is 0.103. The second-order valence-corrected chi connectivity index (χ2v) is 8.25. The predicted octanol–water partition coefficient (Wildman–Crippen LogP) is 5.23. The summed E-state index contributed by atoms with van der Waals surface area (Å²) in [6.07, 6.45) is 12.5. The highest BCUT2D eigenvalue weighted by Gasteiger charge is 2.25. The first-order chi connectivity index (χ1) is 15.7. The van der Waals surface area contributed by atoms with Gasteiger partial charge in [0.1, 0.15) is 5.69 Å². The normalized spacial score (nSPS) is 13.2. The quantitative estimate of drug-likeness (QED) is 0.442. The fraction of sp³-hybridized carbons (Fsp3) is 0.231. The molecule has 1 fully saturated rings. The third kappa shape index (κ3) is 4.44. The molecule has 0 atom stereocenters. The minimum Gasteiger partial charge on any atom is -0.343 e. The topological polar surface area (TPSA) is 72.7 Å². The first-order valence-corrected chi connectivity index (χ1v) is 11.0. The number of rotatable bonds is 7. The molecule has 0 aliphatic heterocycles. The first kappa shape index (κ1) is 20.1. The summed E-state index contributed by atoms with van der Waals surface area (Å²) in [4.78, 5) is 26.2. The molecule has 1 aliphatic rings. The molecule has 6 heteroatoms. The molecule has 32 heavy (non-hydrogen) atoms. The average Bonchev–Trinajstić information content (AvgIpc) is 3.56. The molecule has 3 aromatic heterocycles. The number of anilines is 1. The van der Waals surface area contributed by atoms with Gasteiger partial charge in [0, 0.05) is 59.9 Å². The van der Waals surface area contributed by atoms with Crippen LogP contribution < -0.4 is 5.32 Å². The fourth-order valence-corrected chi connectivity index (χ4v) is 3.73. The summed E-state index contributed by atoms with van der Waals surface area (Å²) in [7, 11) is 0. The van der Waals surface area contributed by atoms with Gasteiger partial charge in [0.2, 0.25) is 0 Å². The average molecular weight is 424 g/mol. The van der Waals surface area contributed by atoms with Crippen LogP contribution in [0.2, 0.25) is 0 Å². The zero-order chi connectivity index (χ0) is 21.9. The highest BCUT2D eigenvalue weighted by atomic mass is 16.1. The van der Waals surface area contributed by atoms with E-state index in [1.807, 2.05) is 48.7 Å². The van der Waals surface area contributed by atoms with Crippen LogP contribution in [-0.2, 0) is 13.0 Å². The third-order valence-corrected chi connectivity index (χ3v) is 5.81. The number of amides is 1. The lowest BCUT2D eigenvalue weighted by atomic mass is 10.1. The monoisotopic (exact) mass is 423 g/mol. The van der Waals surface area contributed by atoms with E-state index in [0.717, 1.165) is 35.3 Å². The Bertz CT molecular complexity index is 1210.